The van der Waals surface area contributed by atoms with Gasteiger partial charge < -0.3 is 5.11 Å². The number of hydrogen-bond donors (Lipinski definition) is 1. The first-order valence-electron chi connectivity index (χ1n) is 4.71. The van der Waals surface area contributed by atoms with Gasteiger partial charge in [-0.2, -0.15) is 5.10 Å². The first-order chi connectivity index (χ1) is 8.49. The molecule has 0 saturated carbocycles. The zero-order valence-corrected chi connectivity index (χ0v) is 9.53. The average Bonchev–Trinajstić information content (AvgIpc) is 2.78. The number of aromatic carboxylic acids is 1. The van der Waals surface area contributed by atoms with E-state index in [1.54, 1.807) is 0 Å². The average molecular weight is 268 g/mol. The van der Waals surface area contributed by atoms with Crippen molar-refractivity contribution in [2.45, 2.75) is 0 Å². The molecule has 0 spiro atoms. The van der Waals surface area contributed by atoms with E-state index >= 15 is 0 Å². The van der Waals surface area contributed by atoms with Crippen LogP contribution in [0.2, 0.25) is 5.02 Å². The number of carboxylic acid groups (broad SMARTS) is 1. The van der Waals surface area contributed by atoms with Gasteiger partial charge in [0.2, 0.25) is 0 Å². The van der Waals surface area contributed by atoms with E-state index in [0.717, 1.165) is 6.20 Å². The topological polar surface area (TPSA) is 98.3 Å². The van der Waals surface area contributed by atoms with E-state index in [-0.39, 0.29) is 22.0 Å². The molecule has 0 fully saturated rings. The third-order valence-electron chi connectivity index (χ3n) is 2.22. The summed E-state index contributed by atoms with van der Waals surface area (Å²) in [4.78, 5) is 20.8. The van der Waals surface area contributed by atoms with E-state index in [9.17, 15) is 14.9 Å². The Balaban J connectivity index is 2.51. The number of halogens is 1. The van der Waals surface area contributed by atoms with Crippen LogP contribution in [-0.4, -0.2) is 25.8 Å². The highest BCUT2D eigenvalue weighted by Crippen LogP contribution is 2.25. The summed E-state index contributed by atoms with van der Waals surface area (Å²) < 4.78 is 1.18. The van der Waals surface area contributed by atoms with Crippen LogP contribution in [0, 0.1) is 10.1 Å². The number of carbonyl (C=O) groups is 1. The fourth-order valence-electron chi connectivity index (χ4n) is 1.36. The Morgan fingerprint density at radius 1 is 1.50 bits per heavy atom. The van der Waals surface area contributed by atoms with Crippen molar-refractivity contribution in [1.29, 1.82) is 0 Å². The summed E-state index contributed by atoms with van der Waals surface area (Å²) in [7, 11) is 0. The Morgan fingerprint density at radius 3 is 2.78 bits per heavy atom. The SMILES string of the molecule is O=C(O)c1cnn(-c2cc([N+](=O)[O-])ccc2Cl)c1. The molecule has 0 bridgehead atoms. The molecule has 0 aliphatic rings. The first-order valence-corrected chi connectivity index (χ1v) is 5.09. The van der Waals surface area contributed by atoms with Gasteiger partial charge in [0, 0.05) is 18.3 Å². The molecule has 0 radical (unpaired) electrons. The van der Waals surface area contributed by atoms with Crippen molar-refractivity contribution in [1.82, 2.24) is 9.78 Å². The van der Waals surface area contributed by atoms with Crippen molar-refractivity contribution in [2.24, 2.45) is 0 Å². The first kappa shape index (κ1) is 12.1. The summed E-state index contributed by atoms with van der Waals surface area (Å²) in [5.41, 5.74) is 0.0673. The second-order valence-electron chi connectivity index (χ2n) is 3.37. The maximum absolute atomic E-state index is 10.7. The second kappa shape index (κ2) is 4.46. The van der Waals surface area contributed by atoms with Crippen LogP contribution >= 0.6 is 11.6 Å². The minimum absolute atomic E-state index is 0.0300. The largest absolute Gasteiger partial charge is 0.478 e. The van der Waals surface area contributed by atoms with Gasteiger partial charge in [-0.05, 0) is 6.07 Å². The highest BCUT2D eigenvalue weighted by Gasteiger charge is 2.13. The van der Waals surface area contributed by atoms with Crippen molar-refractivity contribution in [3.05, 3.63) is 51.3 Å². The number of nitro groups is 1. The number of non-ortho nitro benzene ring substituents is 1. The molecule has 1 N–H and O–H groups in total. The number of nitrogens with zero attached hydrogens (tertiary/aromatic N) is 3. The van der Waals surface area contributed by atoms with Crippen molar-refractivity contribution in [2.75, 3.05) is 0 Å². The molecule has 2 rings (SSSR count). The molecule has 1 aromatic heterocycles. The van der Waals surface area contributed by atoms with Crippen LogP contribution in [0.1, 0.15) is 10.4 Å². The predicted molar refractivity (Wildman–Crippen MR) is 62.2 cm³/mol. The molecule has 7 nitrogen and oxygen atoms in total. The molecule has 8 heteroatoms. The standard InChI is InChI=1S/C10H6ClN3O4/c11-8-2-1-7(14(17)18)3-9(8)13-5-6(4-12-13)10(15)16/h1-5H,(H,15,16). The molecule has 2 aromatic rings. The number of aromatic nitrogens is 2. The lowest BCUT2D eigenvalue weighted by molar-refractivity contribution is -0.384. The van der Waals surface area contributed by atoms with E-state index < -0.39 is 10.9 Å². The minimum atomic E-state index is -1.14. The van der Waals surface area contributed by atoms with E-state index in [0.29, 0.717) is 0 Å². The van der Waals surface area contributed by atoms with Gasteiger partial charge in [-0.25, -0.2) is 9.48 Å². The molecular weight excluding hydrogens is 262 g/mol. The van der Waals surface area contributed by atoms with Crippen LogP contribution in [0.25, 0.3) is 5.69 Å². The van der Waals surface area contributed by atoms with Gasteiger partial charge in [0.05, 0.1) is 27.4 Å². The molecular formula is C10H6ClN3O4. The van der Waals surface area contributed by atoms with E-state index in [1.165, 1.54) is 29.1 Å². The highest BCUT2D eigenvalue weighted by molar-refractivity contribution is 6.32. The molecule has 0 saturated heterocycles. The molecule has 1 heterocycles. The van der Waals surface area contributed by atoms with Crippen LogP contribution in [0.4, 0.5) is 5.69 Å². The smallest absolute Gasteiger partial charge is 0.338 e. The summed E-state index contributed by atoms with van der Waals surface area (Å²) in [6, 6.07) is 3.84. The fourth-order valence-corrected chi connectivity index (χ4v) is 1.56. The monoisotopic (exact) mass is 267 g/mol. The molecule has 0 amide bonds. The molecule has 92 valence electrons. The van der Waals surface area contributed by atoms with Gasteiger partial charge >= 0.3 is 5.97 Å². The van der Waals surface area contributed by atoms with Gasteiger partial charge in [-0.15, -0.1) is 0 Å². The fraction of sp³-hybridized carbons (Fsp3) is 0. The molecule has 0 aliphatic carbocycles. The highest BCUT2D eigenvalue weighted by atomic mass is 35.5. The Bertz CT molecular complexity index is 638. The van der Waals surface area contributed by atoms with Crippen molar-refractivity contribution in [3.63, 3.8) is 0 Å². The number of nitro benzene ring substituents is 1. The third kappa shape index (κ3) is 2.16. The van der Waals surface area contributed by atoms with Crippen LogP contribution < -0.4 is 0 Å². The van der Waals surface area contributed by atoms with Crippen LogP contribution in [-0.2, 0) is 0 Å². The molecule has 0 aliphatic heterocycles. The molecule has 1 aromatic carbocycles. The number of hydrogen-bond acceptors (Lipinski definition) is 4. The summed E-state index contributed by atoms with van der Waals surface area (Å²) in [5.74, 6) is -1.14. The Labute approximate surface area is 105 Å². The van der Waals surface area contributed by atoms with Crippen molar-refractivity contribution >= 4 is 23.3 Å². The lowest BCUT2D eigenvalue weighted by Gasteiger charge is -2.03. The van der Waals surface area contributed by atoms with E-state index in [1.807, 2.05) is 0 Å². The second-order valence-corrected chi connectivity index (χ2v) is 3.78. The molecule has 18 heavy (non-hydrogen) atoms. The lowest BCUT2D eigenvalue weighted by Crippen LogP contribution is -1.98. The predicted octanol–water partition coefficient (Wildman–Crippen LogP) is 2.13. The van der Waals surface area contributed by atoms with E-state index in [4.69, 9.17) is 16.7 Å². The van der Waals surface area contributed by atoms with E-state index in [2.05, 4.69) is 5.10 Å². The van der Waals surface area contributed by atoms with Crippen molar-refractivity contribution in [3.8, 4) is 5.69 Å². The Hall–Kier alpha value is -2.41. The lowest BCUT2D eigenvalue weighted by atomic mass is 10.3. The van der Waals surface area contributed by atoms with Gasteiger partial charge in [-0.3, -0.25) is 10.1 Å². The van der Waals surface area contributed by atoms with Crippen LogP contribution in [0.5, 0.6) is 0 Å². The summed E-state index contributed by atoms with van der Waals surface area (Å²) >= 11 is 5.89. The van der Waals surface area contributed by atoms with Gasteiger partial charge in [0.25, 0.3) is 5.69 Å². The van der Waals surface area contributed by atoms with Crippen LogP contribution in [0.15, 0.2) is 30.6 Å². The number of benzene rings is 1. The van der Waals surface area contributed by atoms with Crippen molar-refractivity contribution < 1.29 is 14.8 Å². The van der Waals surface area contributed by atoms with Gasteiger partial charge in [0.1, 0.15) is 0 Å². The number of rotatable bonds is 3. The zero-order valence-electron chi connectivity index (χ0n) is 8.78. The normalized spacial score (nSPS) is 10.3. The minimum Gasteiger partial charge on any atom is -0.478 e. The summed E-state index contributed by atoms with van der Waals surface area (Å²) in [6.45, 7) is 0. The summed E-state index contributed by atoms with van der Waals surface area (Å²) in [6.07, 6.45) is 2.37. The summed E-state index contributed by atoms with van der Waals surface area (Å²) in [5, 5.41) is 23.4. The molecule has 0 atom stereocenters. The Morgan fingerprint density at radius 2 is 2.22 bits per heavy atom. The zero-order chi connectivity index (χ0) is 13.3. The maximum Gasteiger partial charge on any atom is 0.338 e. The van der Waals surface area contributed by atoms with Crippen LogP contribution in [0.3, 0.4) is 0 Å². The van der Waals surface area contributed by atoms with Gasteiger partial charge in [-0.1, -0.05) is 11.6 Å². The van der Waals surface area contributed by atoms with Gasteiger partial charge in [0.15, 0.2) is 0 Å². The Kier molecular flexibility index (Phi) is 2.99. The molecule has 0 unspecified atom stereocenters. The quantitative estimate of drug-likeness (QED) is 0.678. The number of carboxylic acids is 1. The third-order valence-corrected chi connectivity index (χ3v) is 2.54. The maximum atomic E-state index is 10.7.